The molecule has 1 fully saturated rings. The summed E-state index contributed by atoms with van der Waals surface area (Å²) in [6.07, 6.45) is 7.48. The minimum absolute atomic E-state index is 0.0408. The number of anilines is 4. The molecule has 8 nitrogen and oxygen atoms in total. The van der Waals surface area contributed by atoms with E-state index >= 15 is 0 Å². The second kappa shape index (κ2) is 10.3. The number of nitrogens with one attached hydrogen (secondary N) is 2. The third kappa shape index (κ3) is 6.02. The van der Waals surface area contributed by atoms with Crippen molar-refractivity contribution in [1.82, 2.24) is 28.8 Å². The number of halogens is 1. The second-order valence-electron chi connectivity index (χ2n) is 10.6. The minimum atomic E-state index is -0.192. The van der Waals surface area contributed by atoms with Crippen molar-refractivity contribution >= 4 is 46.4 Å². The maximum Gasteiger partial charge on any atom is 0.230 e. The summed E-state index contributed by atoms with van der Waals surface area (Å²) in [5.74, 6) is 1.47. The zero-order valence-corrected chi connectivity index (χ0v) is 22.7. The molecule has 0 unspecified atom stereocenters. The predicted octanol–water partition coefficient (Wildman–Crippen LogP) is 6.26. The third-order valence-electron chi connectivity index (χ3n) is 6.38. The highest BCUT2D eigenvalue weighted by Crippen LogP contribution is 2.32. The van der Waals surface area contributed by atoms with Crippen molar-refractivity contribution in [3.05, 3.63) is 59.8 Å². The van der Waals surface area contributed by atoms with Crippen molar-refractivity contribution in [2.75, 3.05) is 30.8 Å². The molecular weight excluding hydrogens is 487 g/mol. The molecule has 10 heteroatoms. The molecule has 194 valence electrons. The normalized spacial score (nSPS) is 15.3. The van der Waals surface area contributed by atoms with Gasteiger partial charge in [-0.25, -0.2) is 14.4 Å². The van der Waals surface area contributed by atoms with Crippen LogP contribution in [0.4, 0.5) is 27.8 Å². The summed E-state index contributed by atoms with van der Waals surface area (Å²) < 4.78 is 17.1. The van der Waals surface area contributed by atoms with E-state index < -0.39 is 0 Å². The van der Waals surface area contributed by atoms with Crippen molar-refractivity contribution in [3.63, 3.8) is 0 Å². The first-order chi connectivity index (χ1) is 17.6. The Hall–Kier alpha value is -3.24. The number of likely N-dealkylation sites (tertiary alicyclic amines) is 1. The van der Waals surface area contributed by atoms with E-state index in [-0.39, 0.29) is 16.5 Å². The average Bonchev–Trinajstić information content (AvgIpc) is 3.22. The van der Waals surface area contributed by atoms with Gasteiger partial charge in [0, 0.05) is 40.0 Å². The number of piperidine rings is 1. The van der Waals surface area contributed by atoms with Crippen LogP contribution >= 0.6 is 11.9 Å². The molecule has 1 aromatic carbocycles. The van der Waals surface area contributed by atoms with Gasteiger partial charge in [-0.2, -0.15) is 9.97 Å². The van der Waals surface area contributed by atoms with Crippen LogP contribution in [0.5, 0.6) is 0 Å². The van der Waals surface area contributed by atoms with E-state index in [9.17, 15) is 4.39 Å². The van der Waals surface area contributed by atoms with Gasteiger partial charge >= 0.3 is 0 Å². The lowest BCUT2D eigenvalue weighted by molar-refractivity contribution is 0.253. The van der Waals surface area contributed by atoms with Crippen molar-refractivity contribution < 1.29 is 4.39 Å². The molecule has 5 rings (SSSR count). The third-order valence-corrected chi connectivity index (χ3v) is 7.42. The zero-order valence-electron chi connectivity index (χ0n) is 21.9. The number of benzene rings is 1. The van der Waals surface area contributed by atoms with Crippen LogP contribution in [-0.2, 0) is 0 Å². The monoisotopic (exact) mass is 520 g/mol. The first kappa shape index (κ1) is 25.4. The molecule has 0 saturated carbocycles. The average molecular weight is 521 g/mol. The molecule has 0 spiro atoms. The Morgan fingerprint density at radius 2 is 1.73 bits per heavy atom. The van der Waals surface area contributed by atoms with Crippen LogP contribution in [0.2, 0.25) is 0 Å². The van der Waals surface area contributed by atoms with Crippen LogP contribution in [0.15, 0.2) is 42.9 Å². The lowest BCUT2D eigenvalue weighted by atomic mass is 9.89. The summed E-state index contributed by atoms with van der Waals surface area (Å²) in [6.45, 7) is 10.4. The summed E-state index contributed by atoms with van der Waals surface area (Å²) >= 11 is 1.70. The largest absolute Gasteiger partial charge is 0.324 e. The van der Waals surface area contributed by atoms with E-state index in [1.54, 1.807) is 24.3 Å². The molecule has 2 N–H and O–H groups in total. The van der Waals surface area contributed by atoms with Gasteiger partial charge in [0.25, 0.3) is 0 Å². The van der Waals surface area contributed by atoms with Gasteiger partial charge in [-0.15, -0.1) is 0 Å². The fourth-order valence-electron chi connectivity index (χ4n) is 4.44. The quantitative estimate of drug-likeness (QED) is 0.308. The van der Waals surface area contributed by atoms with E-state index in [4.69, 9.17) is 4.98 Å². The molecular formula is C27H33FN8S. The standard InChI is InChI=1S/C27H33FN8S/c1-17-15-29-25(31-20-6-7-21(22(28)14-20)18-8-11-35(5)12-9-18)32-23(17)33-26-30-16-19-10-13-36(24(19)34-26)37-27(2,3)4/h6-7,10,13-16,18H,8-9,11-12H2,1-5H3,(H2,29,30,31,32,33,34). The van der Waals surface area contributed by atoms with Gasteiger partial charge in [0.2, 0.25) is 11.9 Å². The number of rotatable bonds is 6. The second-order valence-corrected chi connectivity index (χ2v) is 12.4. The Morgan fingerprint density at radius 3 is 2.46 bits per heavy atom. The first-order valence-electron chi connectivity index (χ1n) is 12.5. The topological polar surface area (TPSA) is 83.8 Å². The van der Waals surface area contributed by atoms with E-state index in [0.717, 1.165) is 48.1 Å². The van der Waals surface area contributed by atoms with Crippen LogP contribution in [0.3, 0.4) is 0 Å². The van der Waals surface area contributed by atoms with Gasteiger partial charge in [0.05, 0.1) is 0 Å². The molecule has 0 bridgehead atoms. The molecule has 0 amide bonds. The van der Waals surface area contributed by atoms with Crippen LogP contribution in [0, 0.1) is 12.7 Å². The summed E-state index contributed by atoms with van der Waals surface area (Å²) in [4.78, 5) is 20.5. The van der Waals surface area contributed by atoms with Crippen LogP contribution < -0.4 is 10.6 Å². The number of hydrogen-bond acceptors (Lipinski definition) is 8. The highest BCUT2D eigenvalue weighted by molar-refractivity contribution is 7.99. The minimum Gasteiger partial charge on any atom is -0.324 e. The zero-order chi connectivity index (χ0) is 26.2. The summed E-state index contributed by atoms with van der Waals surface area (Å²) in [5.41, 5.74) is 3.08. The van der Waals surface area contributed by atoms with Gasteiger partial charge in [0.1, 0.15) is 11.6 Å². The fourth-order valence-corrected chi connectivity index (χ4v) is 5.39. The Bertz CT molecular complexity index is 1410. The molecule has 3 aromatic heterocycles. The number of hydrogen-bond donors (Lipinski definition) is 2. The maximum atomic E-state index is 15.0. The SMILES string of the molecule is Cc1cnc(Nc2ccc(C3CCN(C)CC3)c(F)c2)nc1Nc1ncc2ccn(SC(C)(C)C)c2n1. The van der Waals surface area contributed by atoms with E-state index in [0.29, 0.717) is 23.4 Å². The maximum absolute atomic E-state index is 15.0. The highest BCUT2D eigenvalue weighted by atomic mass is 32.2. The van der Waals surface area contributed by atoms with Crippen LogP contribution in [-0.4, -0.2) is 53.7 Å². The lowest BCUT2D eigenvalue weighted by Crippen LogP contribution is -2.29. The molecule has 1 aliphatic rings. The van der Waals surface area contributed by atoms with Gasteiger partial charge in [0.15, 0.2) is 5.65 Å². The van der Waals surface area contributed by atoms with Crippen molar-refractivity contribution in [2.24, 2.45) is 0 Å². The molecule has 0 aliphatic carbocycles. The van der Waals surface area contributed by atoms with E-state index in [2.05, 4.69) is 62.3 Å². The van der Waals surface area contributed by atoms with Gasteiger partial charge in [-0.3, -0.25) is 3.97 Å². The molecule has 1 saturated heterocycles. The number of aromatic nitrogens is 5. The molecule has 4 aromatic rings. The Morgan fingerprint density at radius 1 is 1.00 bits per heavy atom. The van der Waals surface area contributed by atoms with Gasteiger partial charge in [-0.05, 0) is 102 Å². The Labute approximate surface area is 221 Å². The predicted molar refractivity (Wildman–Crippen MR) is 149 cm³/mol. The Balaban J connectivity index is 1.33. The van der Waals surface area contributed by atoms with Crippen molar-refractivity contribution in [1.29, 1.82) is 0 Å². The summed E-state index contributed by atoms with van der Waals surface area (Å²) in [5, 5.41) is 7.33. The van der Waals surface area contributed by atoms with E-state index in [1.807, 2.05) is 31.3 Å². The van der Waals surface area contributed by atoms with Crippen LogP contribution in [0.1, 0.15) is 50.7 Å². The molecule has 37 heavy (non-hydrogen) atoms. The lowest BCUT2D eigenvalue weighted by Gasteiger charge is -2.29. The summed E-state index contributed by atoms with van der Waals surface area (Å²) in [7, 11) is 2.11. The smallest absolute Gasteiger partial charge is 0.230 e. The molecule has 1 aliphatic heterocycles. The number of aryl methyl sites for hydroxylation is 1. The number of fused-ring (bicyclic) bond motifs is 1. The van der Waals surface area contributed by atoms with E-state index in [1.165, 1.54) is 6.07 Å². The fraction of sp³-hybridized carbons (Fsp3) is 0.407. The number of nitrogens with zero attached hydrogens (tertiary/aromatic N) is 6. The van der Waals surface area contributed by atoms with Gasteiger partial charge < -0.3 is 15.5 Å². The Kier molecular flexibility index (Phi) is 7.04. The van der Waals surface area contributed by atoms with Crippen molar-refractivity contribution in [2.45, 2.75) is 51.2 Å². The van der Waals surface area contributed by atoms with Gasteiger partial charge in [-0.1, -0.05) is 6.07 Å². The first-order valence-corrected chi connectivity index (χ1v) is 13.3. The summed E-state index contributed by atoms with van der Waals surface area (Å²) in [6, 6.07) is 7.31. The molecule has 0 atom stereocenters. The highest BCUT2D eigenvalue weighted by Gasteiger charge is 2.21. The van der Waals surface area contributed by atoms with Crippen LogP contribution in [0.25, 0.3) is 11.0 Å². The molecule has 4 heterocycles. The molecule has 0 radical (unpaired) electrons. The van der Waals surface area contributed by atoms with Crippen molar-refractivity contribution in [3.8, 4) is 0 Å².